The fraction of sp³-hybridized carbons (Fsp3) is 0.682. The zero-order chi connectivity index (χ0) is 24.1. The molecule has 3 fully saturated rings. The van der Waals surface area contributed by atoms with Crippen molar-refractivity contribution in [2.45, 2.75) is 37.9 Å². The van der Waals surface area contributed by atoms with E-state index in [0.717, 1.165) is 18.9 Å². The van der Waals surface area contributed by atoms with Gasteiger partial charge in [0.1, 0.15) is 5.56 Å². The smallest absolute Gasteiger partial charge is 0.381 e. The van der Waals surface area contributed by atoms with Crippen LogP contribution in [0, 0.1) is 17.8 Å². The molecule has 174 valence electrons. The predicted octanol–water partition coefficient (Wildman–Crippen LogP) is 3.44. The third kappa shape index (κ3) is 4.61. The van der Waals surface area contributed by atoms with E-state index in [1.165, 1.54) is 10.9 Å². The standard InChI is InChI=1S/C22H29F3N6O/c1-30-11-17(9-26-30)20-8-19(22(23,24)25)21(29-28-20)27-18-6-15-12-31(13-16(15)7-18)10-14-2-4-32-5-3-14/h8-9,11,14-16,18H,2-7,10,12-13H2,1H3,(H,27,29)/t15-,16+,18?/i10D2. The Kier molecular flexibility index (Phi) is 5.20. The second-order valence-corrected chi connectivity index (χ2v) is 9.15. The second-order valence-electron chi connectivity index (χ2n) is 9.15. The Morgan fingerprint density at radius 2 is 1.91 bits per heavy atom. The van der Waals surface area contributed by atoms with Crippen molar-refractivity contribution in [3.05, 3.63) is 24.0 Å². The molecule has 0 bridgehead atoms. The summed E-state index contributed by atoms with van der Waals surface area (Å²) in [5.74, 6) is 0.213. The van der Waals surface area contributed by atoms with Gasteiger partial charge in [0.2, 0.25) is 0 Å². The largest absolute Gasteiger partial charge is 0.420 e. The van der Waals surface area contributed by atoms with E-state index in [1.807, 2.05) is 4.90 Å². The Balaban J connectivity index is 1.26. The highest BCUT2D eigenvalue weighted by molar-refractivity contribution is 5.61. The molecule has 3 aliphatic rings. The molecule has 2 aromatic rings. The van der Waals surface area contributed by atoms with E-state index in [-0.39, 0.29) is 35.3 Å². The molecule has 10 heteroatoms. The Hall–Kier alpha value is -2.20. The molecule has 0 radical (unpaired) electrons. The van der Waals surface area contributed by atoms with Gasteiger partial charge in [-0.05, 0) is 49.5 Å². The van der Waals surface area contributed by atoms with Crippen LogP contribution >= 0.6 is 0 Å². The summed E-state index contributed by atoms with van der Waals surface area (Å²) >= 11 is 0. The molecular formula is C22H29F3N6O. The van der Waals surface area contributed by atoms with E-state index in [0.29, 0.717) is 44.7 Å². The number of halogens is 3. The Morgan fingerprint density at radius 1 is 1.19 bits per heavy atom. The number of aryl methyl sites for hydroxylation is 1. The first-order valence-electron chi connectivity index (χ1n) is 12.1. The van der Waals surface area contributed by atoms with E-state index >= 15 is 0 Å². The van der Waals surface area contributed by atoms with Gasteiger partial charge in [-0.3, -0.25) is 4.68 Å². The zero-order valence-corrected chi connectivity index (χ0v) is 18.0. The van der Waals surface area contributed by atoms with Crippen molar-refractivity contribution in [1.82, 2.24) is 24.9 Å². The van der Waals surface area contributed by atoms with Crippen molar-refractivity contribution in [2.24, 2.45) is 24.8 Å². The highest BCUT2D eigenvalue weighted by atomic mass is 19.4. The lowest BCUT2D eigenvalue weighted by Gasteiger charge is -2.28. The number of aromatic nitrogens is 4. The summed E-state index contributed by atoms with van der Waals surface area (Å²) in [4.78, 5) is 1.94. The number of ether oxygens (including phenoxy) is 1. The molecule has 3 atom stereocenters. The Bertz CT molecular complexity index is 1010. The number of nitrogens with one attached hydrogen (secondary N) is 1. The fourth-order valence-electron chi connectivity index (χ4n) is 5.21. The maximum Gasteiger partial charge on any atom is 0.420 e. The van der Waals surface area contributed by atoms with Gasteiger partial charge in [-0.1, -0.05) is 0 Å². The minimum absolute atomic E-state index is 0.0445. The SMILES string of the molecule is [2H]C([2H])(C1CCOCC1)N1C[C@H]2CC(Nc3nnc(-c4cnn(C)c4)cc3C(F)(F)F)C[C@H]2C1. The van der Waals surface area contributed by atoms with Crippen LogP contribution in [0.25, 0.3) is 11.3 Å². The molecule has 4 heterocycles. The normalized spacial score (nSPS) is 28.4. The number of alkyl halides is 3. The predicted molar refractivity (Wildman–Crippen MR) is 113 cm³/mol. The number of nitrogens with zero attached hydrogens (tertiary/aromatic N) is 5. The maximum absolute atomic E-state index is 13.8. The third-order valence-corrected chi connectivity index (χ3v) is 6.78. The van der Waals surface area contributed by atoms with Crippen LogP contribution in [0.5, 0.6) is 0 Å². The van der Waals surface area contributed by atoms with Crippen molar-refractivity contribution in [3.63, 3.8) is 0 Å². The van der Waals surface area contributed by atoms with Gasteiger partial charge in [0.25, 0.3) is 0 Å². The van der Waals surface area contributed by atoms with Gasteiger partial charge in [0, 0.05) is 60.4 Å². The molecule has 2 aromatic heterocycles. The van der Waals surface area contributed by atoms with Crippen molar-refractivity contribution in [2.75, 3.05) is 38.1 Å². The first-order valence-corrected chi connectivity index (χ1v) is 11.1. The van der Waals surface area contributed by atoms with E-state index in [4.69, 9.17) is 7.48 Å². The van der Waals surface area contributed by atoms with Crippen LogP contribution in [0.4, 0.5) is 19.0 Å². The van der Waals surface area contributed by atoms with Crippen molar-refractivity contribution >= 4 is 5.82 Å². The van der Waals surface area contributed by atoms with Gasteiger partial charge in [-0.25, -0.2) is 0 Å². The lowest BCUT2D eigenvalue weighted by molar-refractivity contribution is -0.137. The Morgan fingerprint density at radius 3 is 2.53 bits per heavy atom. The fourth-order valence-corrected chi connectivity index (χ4v) is 5.21. The van der Waals surface area contributed by atoms with Crippen LogP contribution in [0.1, 0.15) is 34.0 Å². The van der Waals surface area contributed by atoms with Crippen LogP contribution in [0.2, 0.25) is 0 Å². The monoisotopic (exact) mass is 452 g/mol. The second kappa shape index (κ2) is 8.62. The van der Waals surface area contributed by atoms with Crippen LogP contribution in [-0.4, -0.2) is 63.7 Å². The Labute approximate surface area is 188 Å². The summed E-state index contributed by atoms with van der Waals surface area (Å²) in [6, 6.07) is 0.873. The van der Waals surface area contributed by atoms with Crippen LogP contribution in [0.15, 0.2) is 18.5 Å². The van der Waals surface area contributed by atoms with E-state index in [2.05, 4.69) is 20.6 Å². The van der Waals surface area contributed by atoms with Gasteiger partial charge in [-0.2, -0.15) is 18.3 Å². The number of anilines is 1. The summed E-state index contributed by atoms with van der Waals surface area (Å²) < 4.78 is 65.7. The zero-order valence-electron chi connectivity index (χ0n) is 20.0. The number of likely N-dealkylation sites (tertiary alicyclic amines) is 1. The number of rotatable bonds is 5. The van der Waals surface area contributed by atoms with Crippen LogP contribution in [-0.2, 0) is 18.0 Å². The van der Waals surface area contributed by atoms with Crippen LogP contribution < -0.4 is 5.32 Å². The minimum Gasteiger partial charge on any atom is -0.381 e. The first-order chi connectivity index (χ1) is 16.1. The lowest BCUT2D eigenvalue weighted by Crippen LogP contribution is -2.32. The lowest BCUT2D eigenvalue weighted by atomic mass is 10.00. The van der Waals surface area contributed by atoms with Crippen molar-refractivity contribution in [1.29, 1.82) is 0 Å². The molecule has 0 amide bonds. The average Bonchev–Trinajstić information content (AvgIpc) is 3.49. The van der Waals surface area contributed by atoms with Gasteiger partial charge < -0.3 is 15.0 Å². The molecular weight excluding hydrogens is 421 g/mol. The molecule has 2 aliphatic heterocycles. The maximum atomic E-state index is 13.8. The molecule has 0 spiro atoms. The first kappa shape index (κ1) is 19.3. The quantitative estimate of drug-likeness (QED) is 0.750. The van der Waals surface area contributed by atoms with Crippen LogP contribution in [0.3, 0.4) is 0 Å². The molecule has 7 nitrogen and oxygen atoms in total. The van der Waals surface area contributed by atoms with Gasteiger partial charge in [0.15, 0.2) is 5.82 Å². The summed E-state index contributed by atoms with van der Waals surface area (Å²) in [6.07, 6.45) is 1.30. The molecule has 1 unspecified atom stereocenters. The van der Waals surface area contributed by atoms with E-state index in [9.17, 15) is 13.2 Å². The minimum atomic E-state index is -4.57. The molecule has 1 aliphatic carbocycles. The van der Waals surface area contributed by atoms with E-state index in [1.54, 1.807) is 13.2 Å². The van der Waals surface area contributed by atoms with Crippen molar-refractivity contribution < 1.29 is 20.6 Å². The topological polar surface area (TPSA) is 68.1 Å². The molecule has 32 heavy (non-hydrogen) atoms. The highest BCUT2D eigenvalue weighted by Gasteiger charge is 2.42. The average molecular weight is 453 g/mol. The number of hydrogen-bond acceptors (Lipinski definition) is 6. The summed E-state index contributed by atoms with van der Waals surface area (Å²) in [5.41, 5.74) is -0.238. The molecule has 2 saturated heterocycles. The summed E-state index contributed by atoms with van der Waals surface area (Å²) in [6.45, 7) is 1.07. The van der Waals surface area contributed by atoms with Crippen molar-refractivity contribution in [3.8, 4) is 11.3 Å². The number of fused-ring (bicyclic) bond motifs is 1. The molecule has 0 aromatic carbocycles. The molecule has 1 saturated carbocycles. The number of hydrogen-bond donors (Lipinski definition) is 1. The third-order valence-electron chi connectivity index (χ3n) is 6.78. The van der Waals surface area contributed by atoms with E-state index < -0.39 is 18.2 Å². The molecule has 5 rings (SSSR count). The molecule has 1 N–H and O–H groups in total. The van der Waals surface area contributed by atoms with Gasteiger partial charge in [0.05, 0.1) is 11.9 Å². The van der Waals surface area contributed by atoms with Gasteiger partial charge in [-0.15, -0.1) is 10.2 Å². The van der Waals surface area contributed by atoms with Gasteiger partial charge >= 0.3 is 6.18 Å². The highest BCUT2D eigenvalue weighted by Crippen LogP contribution is 2.41. The summed E-state index contributed by atoms with van der Waals surface area (Å²) in [7, 11) is 1.69. The summed E-state index contributed by atoms with van der Waals surface area (Å²) in [5, 5.41) is 14.9.